The van der Waals surface area contributed by atoms with Crippen molar-refractivity contribution in [1.29, 1.82) is 0 Å². The zero-order valence-corrected chi connectivity index (χ0v) is 25.7. The highest BCUT2D eigenvalue weighted by molar-refractivity contribution is 7.92. The van der Waals surface area contributed by atoms with Crippen molar-refractivity contribution in [2.45, 2.75) is 19.9 Å². The Hall–Kier alpha value is -4.75. The van der Waals surface area contributed by atoms with Crippen molar-refractivity contribution in [1.82, 2.24) is 24.1 Å². The first kappa shape index (κ1) is 28.4. The van der Waals surface area contributed by atoms with Crippen LogP contribution in [0.15, 0.2) is 71.1 Å². The van der Waals surface area contributed by atoms with E-state index >= 15 is 0 Å². The number of methoxy groups -OCH3 is 1. The summed E-state index contributed by atoms with van der Waals surface area (Å²) in [5.74, 6) is 0.920. The lowest BCUT2D eigenvalue weighted by molar-refractivity contribution is 0.417. The van der Waals surface area contributed by atoms with Gasteiger partial charge < -0.3 is 10.1 Å². The van der Waals surface area contributed by atoms with Crippen LogP contribution in [0.1, 0.15) is 24.2 Å². The van der Waals surface area contributed by atoms with E-state index in [0.717, 1.165) is 27.9 Å². The molecular weight excluding hydrogens is 587 g/mol. The number of sulfonamides is 1. The van der Waals surface area contributed by atoms with Gasteiger partial charge in [-0.3, -0.25) is 13.9 Å². The number of ether oxygens (including phenoxy) is 1. The quantitative estimate of drug-likeness (QED) is 0.240. The van der Waals surface area contributed by atoms with Crippen LogP contribution in [0, 0.1) is 6.92 Å². The number of nitrogens with zero attached hydrogens (tertiary/aromatic N) is 5. The molecule has 2 aromatic carbocycles. The summed E-state index contributed by atoms with van der Waals surface area (Å²) in [4.78, 5) is 23.9. The molecule has 43 heavy (non-hydrogen) atoms. The van der Waals surface area contributed by atoms with Crippen molar-refractivity contribution in [2.24, 2.45) is 0 Å². The van der Waals surface area contributed by atoms with Gasteiger partial charge in [-0.15, -0.1) is 11.3 Å². The number of nitrogens with one attached hydrogen (secondary N) is 2. The number of rotatable bonds is 8. The van der Waals surface area contributed by atoms with Crippen molar-refractivity contribution in [3.63, 3.8) is 0 Å². The van der Waals surface area contributed by atoms with E-state index in [9.17, 15) is 13.2 Å². The highest BCUT2D eigenvalue weighted by Gasteiger charge is 2.26. The second kappa shape index (κ2) is 10.8. The van der Waals surface area contributed by atoms with Gasteiger partial charge in [0.2, 0.25) is 10.0 Å². The van der Waals surface area contributed by atoms with Crippen LogP contribution in [0.2, 0.25) is 0 Å². The minimum absolute atomic E-state index is 0.0989. The third-order valence-electron chi connectivity index (χ3n) is 7.28. The highest BCUT2D eigenvalue weighted by atomic mass is 32.2. The summed E-state index contributed by atoms with van der Waals surface area (Å²) in [5.41, 5.74) is 4.96. The summed E-state index contributed by atoms with van der Waals surface area (Å²) in [7, 11) is -0.348. The Balaban J connectivity index is 1.61. The van der Waals surface area contributed by atoms with Crippen LogP contribution in [0.4, 0.5) is 11.5 Å². The minimum Gasteiger partial charge on any atom is -0.495 e. The molecule has 13 heteroatoms. The average Bonchev–Trinajstić information content (AvgIpc) is 3.57. The molecule has 0 aliphatic carbocycles. The number of hydrogen-bond acceptors (Lipinski definition) is 9. The molecule has 0 radical (unpaired) electrons. The van der Waals surface area contributed by atoms with Crippen LogP contribution >= 0.6 is 11.3 Å². The standard InChI is InChI=1S/C30H29N7O4S2/c1-17-15-42-24-14-21(25(30(38)36(17)24)19-9-7-6-8-10-19)18(2)37-29-26(28(31-3)32-16-33-29)27(34-37)20-11-12-23(41-4)22(13-20)35-43(5,39)40/h6-16,18,35H,1-5H3,(H,31,32,33)/t18-/m0/s1. The monoisotopic (exact) mass is 615 g/mol. The molecule has 2 N–H and O–H groups in total. The molecule has 11 nitrogen and oxygen atoms in total. The molecule has 0 fully saturated rings. The summed E-state index contributed by atoms with van der Waals surface area (Å²) in [5, 5.41) is 10.8. The van der Waals surface area contributed by atoms with Gasteiger partial charge in [-0.25, -0.2) is 23.1 Å². The Morgan fingerprint density at radius 1 is 1.05 bits per heavy atom. The van der Waals surface area contributed by atoms with Crippen LogP contribution in [-0.2, 0) is 10.0 Å². The first-order chi connectivity index (χ1) is 20.6. The third kappa shape index (κ3) is 5.00. The fraction of sp³-hybridized carbons (Fsp3) is 0.200. The van der Waals surface area contributed by atoms with E-state index in [1.807, 2.05) is 55.6 Å². The van der Waals surface area contributed by atoms with Gasteiger partial charge >= 0.3 is 0 Å². The van der Waals surface area contributed by atoms with E-state index in [-0.39, 0.29) is 11.2 Å². The molecule has 6 aromatic rings. The zero-order valence-electron chi connectivity index (χ0n) is 24.1. The van der Waals surface area contributed by atoms with Gasteiger partial charge in [0.15, 0.2) is 5.65 Å². The summed E-state index contributed by atoms with van der Waals surface area (Å²) in [6.07, 6.45) is 2.54. The second-order valence-electron chi connectivity index (χ2n) is 10.1. The zero-order chi connectivity index (χ0) is 30.5. The van der Waals surface area contributed by atoms with Crippen LogP contribution in [0.5, 0.6) is 5.75 Å². The molecule has 0 saturated heterocycles. The Bertz CT molecular complexity index is 2170. The molecule has 0 amide bonds. The van der Waals surface area contributed by atoms with Gasteiger partial charge in [-0.2, -0.15) is 5.10 Å². The fourth-order valence-corrected chi connectivity index (χ4v) is 6.83. The van der Waals surface area contributed by atoms with Gasteiger partial charge in [0.25, 0.3) is 5.56 Å². The highest BCUT2D eigenvalue weighted by Crippen LogP contribution is 2.39. The molecular formula is C30H29N7O4S2. The van der Waals surface area contributed by atoms with E-state index in [2.05, 4.69) is 20.0 Å². The van der Waals surface area contributed by atoms with Gasteiger partial charge in [-0.1, -0.05) is 30.3 Å². The van der Waals surface area contributed by atoms with Crippen LogP contribution in [0.3, 0.4) is 0 Å². The van der Waals surface area contributed by atoms with Gasteiger partial charge in [-0.05, 0) is 49.2 Å². The number of anilines is 2. The van der Waals surface area contributed by atoms with E-state index < -0.39 is 16.1 Å². The molecule has 0 spiro atoms. The molecule has 0 saturated carbocycles. The molecule has 0 aliphatic heterocycles. The third-order valence-corrected chi connectivity index (χ3v) is 8.87. The van der Waals surface area contributed by atoms with E-state index in [1.165, 1.54) is 24.8 Å². The number of pyridine rings is 1. The summed E-state index contributed by atoms with van der Waals surface area (Å²) in [6, 6.07) is 16.4. The Morgan fingerprint density at radius 2 is 1.81 bits per heavy atom. The van der Waals surface area contributed by atoms with Gasteiger partial charge in [0, 0.05) is 23.7 Å². The maximum Gasteiger partial charge on any atom is 0.264 e. The Morgan fingerprint density at radius 3 is 2.51 bits per heavy atom. The number of aryl methyl sites for hydroxylation is 1. The van der Waals surface area contributed by atoms with E-state index in [0.29, 0.717) is 39.4 Å². The fourth-order valence-electron chi connectivity index (χ4n) is 5.35. The molecule has 0 aliphatic rings. The molecule has 220 valence electrons. The Labute approximate surface area is 251 Å². The van der Waals surface area contributed by atoms with Crippen molar-refractivity contribution in [3.05, 3.63) is 87.9 Å². The minimum atomic E-state index is -3.58. The SMILES string of the molecule is CNc1ncnc2c1c(-c1ccc(OC)c(NS(C)(=O)=O)c1)nn2[C@@H](C)c1cc2scc(C)n2c(=O)c1-c1ccccc1. The Kier molecular flexibility index (Phi) is 7.14. The summed E-state index contributed by atoms with van der Waals surface area (Å²) < 4.78 is 35.7. The lowest BCUT2D eigenvalue weighted by Gasteiger charge is -2.18. The van der Waals surface area contributed by atoms with E-state index in [4.69, 9.17) is 9.84 Å². The normalized spacial score (nSPS) is 12.5. The van der Waals surface area contributed by atoms with Crippen LogP contribution < -0.4 is 20.3 Å². The predicted octanol–water partition coefficient (Wildman–Crippen LogP) is 5.17. The number of thiazole rings is 1. The lowest BCUT2D eigenvalue weighted by Crippen LogP contribution is -2.21. The van der Waals surface area contributed by atoms with Crippen molar-refractivity contribution < 1.29 is 13.2 Å². The van der Waals surface area contributed by atoms with Crippen molar-refractivity contribution in [3.8, 4) is 28.1 Å². The molecule has 4 heterocycles. The molecule has 4 aromatic heterocycles. The van der Waals surface area contributed by atoms with Gasteiger partial charge in [0.1, 0.15) is 28.4 Å². The maximum atomic E-state index is 14.0. The molecule has 1 atom stereocenters. The smallest absolute Gasteiger partial charge is 0.264 e. The molecule has 0 bridgehead atoms. The summed E-state index contributed by atoms with van der Waals surface area (Å²) in [6.45, 7) is 3.91. The summed E-state index contributed by atoms with van der Waals surface area (Å²) >= 11 is 1.51. The van der Waals surface area contributed by atoms with E-state index in [1.54, 1.807) is 34.3 Å². The average molecular weight is 616 g/mol. The largest absolute Gasteiger partial charge is 0.495 e. The number of aromatic nitrogens is 5. The lowest BCUT2D eigenvalue weighted by atomic mass is 9.97. The van der Waals surface area contributed by atoms with Gasteiger partial charge in [0.05, 0.1) is 36.0 Å². The van der Waals surface area contributed by atoms with Crippen LogP contribution in [0.25, 0.3) is 38.2 Å². The number of hydrogen-bond donors (Lipinski definition) is 2. The van der Waals surface area contributed by atoms with Crippen molar-refractivity contribution in [2.75, 3.05) is 30.5 Å². The second-order valence-corrected chi connectivity index (χ2v) is 12.8. The van der Waals surface area contributed by atoms with Crippen LogP contribution in [-0.4, -0.2) is 53.0 Å². The van der Waals surface area contributed by atoms with Crippen molar-refractivity contribution >= 4 is 48.7 Å². The maximum absolute atomic E-state index is 14.0. The first-order valence-corrected chi connectivity index (χ1v) is 16.1. The molecule has 6 rings (SSSR count). The topological polar surface area (TPSA) is 133 Å². The first-order valence-electron chi connectivity index (χ1n) is 13.4. The molecule has 0 unspecified atom stereocenters. The number of benzene rings is 2. The predicted molar refractivity (Wildman–Crippen MR) is 171 cm³/mol. The number of fused-ring (bicyclic) bond motifs is 2.